The van der Waals surface area contributed by atoms with E-state index in [1.807, 2.05) is 12.1 Å². The van der Waals surface area contributed by atoms with E-state index in [0.717, 1.165) is 38.2 Å². The average Bonchev–Trinajstić information content (AvgIpc) is 2.39. The molecule has 1 heterocycles. The van der Waals surface area contributed by atoms with E-state index in [1.54, 1.807) is 6.07 Å². The van der Waals surface area contributed by atoms with Gasteiger partial charge in [0.05, 0.1) is 5.69 Å². The second-order valence-electron chi connectivity index (χ2n) is 4.99. The van der Waals surface area contributed by atoms with Gasteiger partial charge in [-0.05, 0) is 43.4 Å². The van der Waals surface area contributed by atoms with Crippen LogP contribution in [0, 0.1) is 17.7 Å². The molecule has 1 fully saturated rings. The molecule has 0 amide bonds. The second-order valence-corrected chi connectivity index (χ2v) is 4.99. The number of piperidine rings is 1. The molecule has 2 nitrogen and oxygen atoms in total. The number of para-hydroxylation sites is 1. The van der Waals surface area contributed by atoms with Crippen LogP contribution in [-0.2, 0) is 0 Å². The summed E-state index contributed by atoms with van der Waals surface area (Å²) in [5.41, 5.74) is 6.44. The number of halogens is 1. The maximum absolute atomic E-state index is 13.6. The highest BCUT2D eigenvalue weighted by atomic mass is 19.1. The van der Waals surface area contributed by atoms with Gasteiger partial charge in [0.15, 0.2) is 0 Å². The highest BCUT2D eigenvalue weighted by Crippen LogP contribution is 2.28. The maximum atomic E-state index is 13.6. The molecule has 0 saturated carbocycles. The number of nitrogens with two attached hydrogens (primary N) is 1. The van der Waals surface area contributed by atoms with Gasteiger partial charge in [-0.3, -0.25) is 0 Å². The summed E-state index contributed by atoms with van der Waals surface area (Å²) in [5, 5.41) is 0. The normalized spacial score (nSPS) is 19.4. The van der Waals surface area contributed by atoms with Crippen LogP contribution in [0.1, 0.15) is 19.8 Å². The molecule has 3 heteroatoms. The number of anilines is 1. The SMILES string of the molecule is CC(CN)C1CCN(c2ccccc2F)CC1. The number of hydrogen-bond donors (Lipinski definition) is 1. The van der Waals surface area contributed by atoms with Gasteiger partial charge in [0, 0.05) is 13.1 Å². The number of nitrogens with zero attached hydrogens (tertiary/aromatic N) is 1. The van der Waals surface area contributed by atoms with E-state index in [1.165, 1.54) is 6.07 Å². The molecule has 0 aliphatic carbocycles. The summed E-state index contributed by atoms with van der Waals surface area (Å²) in [6.07, 6.45) is 2.24. The molecule has 1 aromatic carbocycles. The van der Waals surface area contributed by atoms with Crippen LogP contribution >= 0.6 is 0 Å². The van der Waals surface area contributed by atoms with Crippen molar-refractivity contribution in [1.29, 1.82) is 0 Å². The Hall–Kier alpha value is -1.09. The van der Waals surface area contributed by atoms with Gasteiger partial charge >= 0.3 is 0 Å². The first-order valence-electron chi connectivity index (χ1n) is 6.42. The van der Waals surface area contributed by atoms with Gasteiger partial charge in [-0.2, -0.15) is 0 Å². The summed E-state index contributed by atoms with van der Waals surface area (Å²) < 4.78 is 13.6. The lowest BCUT2D eigenvalue weighted by molar-refractivity contribution is 0.298. The predicted octanol–water partition coefficient (Wildman–Crippen LogP) is 2.64. The van der Waals surface area contributed by atoms with Gasteiger partial charge in [-0.25, -0.2) is 4.39 Å². The fourth-order valence-electron chi connectivity index (χ4n) is 2.61. The first kappa shape index (κ1) is 12.4. The zero-order chi connectivity index (χ0) is 12.3. The monoisotopic (exact) mass is 236 g/mol. The Bertz CT molecular complexity index is 359. The summed E-state index contributed by atoms with van der Waals surface area (Å²) in [7, 11) is 0. The summed E-state index contributed by atoms with van der Waals surface area (Å²) in [4.78, 5) is 2.15. The molecule has 0 aromatic heterocycles. The summed E-state index contributed by atoms with van der Waals surface area (Å²) >= 11 is 0. The van der Waals surface area contributed by atoms with Crippen LogP contribution in [0.25, 0.3) is 0 Å². The third kappa shape index (κ3) is 2.78. The first-order chi connectivity index (χ1) is 8.22. The largest absolute Gasteiger partial charge is 0.369 e. The van der Waals surface area contributed by atoms with Crippen molar-refractivity contribution in [3.05, 3.63) is 30.1 Å². The van der Waals surface area contributed by atoms with Crippen LogP contribution in [0.5, 0.6) is 0 Å². The Balaban J connectivity index is 1.98. The molecule has 17 heavy (non-hydrogen) atoms. The van der Waals surface area contributed by atoms with Crippen molar-refractivity contribution in [1.82, 2.24) is 0 Å². The summed E-state index contributed by atoms with van der Waals surface area (Å²) in [5.74, 6) is 1.17. The molecule has 2 rings (SSSR count). The van der Waals surface area contributed by atoms with E-state index in [2.05, 4.69) is 11.8 Å². The summed E-state index contributed by atoms with van der Waals surface area (Å²) in [6.45, 7) is 4.85. The zero-order valence-electron chi connectivity index (χ0n) is 10.4. The fourth-order valence-corrected chi connectivity index (χ4v) is 2.61. The third-order valence-corrected chi connectivity index (χ3v) is 3.91. The molecule has 0 radical (unpaired) electrons. The van der Waals surface area contributed by atoms with E-state index < -0.39 is 0 Å². The van der Waals surface area contributed by atoms with Crippen molar-refractivity contribution < 1.29 is 4.39 Å². The molecule has 0 bridgehead atoms. The molecule has 1 aliphatic rings. The van der Waals surface area contributed by atoms with E-state index in [0.29, 0.717) is 11.8 Å². The minimum absolute atomic E-state index is 0.113. The summed E-state index contributed by atoms with van der Waals surface area (Å²) in [6, 6.07) is 7.03. The van der Waals surface area contributed by atoms with Crippen LogP contribution in [0.2, 0.25) is 0 Å². The van der Waals surface area contributed by atoms with Crippen molar-refractivity contribution in [2.75, 3.05) is 24.5 Å². The Morgan fingerprint density at radius 2 is 2.00 bits per heavy atom. The topological polar surface area (TPSA) is 29.3 Å². The van der Waals surface area contributed by atoms with E-state index >= 15 is 0 Å². The van der Waals surface area contributed by atoms with Gasteiger partial charge in [0.1, 0.15) is 5.82 Å². The second kappa shape index (κ2) is 5.50. The van der Waals surface area contributed by atoms with Crippen molar-refractivity contribution in [3.63, 3.8) is 0 Å². The van der Waals surface area contributed by atoms with E-state index in [4.69, 9.17) is 5.73 Å². The smallest absolute Gasteiger partial charge is 0.146 e. The molecule has 1 saturated heterocycles. The van der Waals surface area contributed by atoms with Crippen LogP contribution in [0.4, 0.5) is 10.1 Å². The van der Waals surface area contributed by atoms with Gasteiger partial charge in [0.25, 0.3) is 0 Å². The van der Waals surface area contributed by atoms with Crippen molar-refractivity contribution >= 4 is 5.69 Å². The molecule has 2 N–H and O–H groups in total. The quantitative estimate of drug-likeness (QED) is 0.874. The minimum atomic E-state index is -0.113. The molecule has 1 aliphatic heterocycles. The lowest BCUT2D eigenvalue weighted by atomic mass is 9.85. The van der Waals surface area contributed by atoms with Crippen molar-refractivity contribution in [2.24, 2.45) is 17.6 Å². The fraction of sp³-hybridized carbons (Fsp3) is 0.571. The molecule has 1 atom stereocenters. The molecular formula is C14H21FN2. The number of hydrogen-bond acceptors (Lipinski definition) is 2. The van der Waals surface area contributed by atoms with Gasteiger partial charge < -0.3 is 10.6 Å². The van der Waals surface area contributed by atoms with Crippen LogP contribution in [0.3, 0.4) is 0 Å². The standard InChI is InChI=1S/C14H21FN2/c1-11(10-16)12-6-8-17(9-7-12)14-5-3-2-4-13(14)15/h2-5,11-12H,6-10,16H2,1H3. The van der Waals surface area contributed by atoms with E-state index in [-0.39, 0.29) is 5.82 Å². The van der Waals surface area contributed by atoms with E-state index in [9.17, 15) is 4.39 Å². The Morgan fingerprint density at radius 1 is 1.35 bits per heavy atom. The third-order valence-electron chi connectivity index (χ3n) is 3.91. The number of rotatable bonds is 3. The lowest BCUT2D eigenvalue weighted by Crippen LogP contribution is -2.37. The van der Waals surface area contributed by atoms with Gasteiger partial charge in [0.2, 0.25) is 0 Å². The Kier molecular flexibility index (Phi) is 4.00. The Morgan fingerprint density at radius 3 is 2.59 bits per heavy atom. The first-order valence-corrected chi connectivity index (χ1v) is 6.42. The minimum Gasteiger partial charge on any atom is -0.369 e. The predicted molar refractivity (Wildman–Crippen MR) is 69.6 cm³/mol. The molecule has 94 valence electrons. The highest BCUT2D eigenvalue weighted by molar-refractivity contribution is 5.47. The lowest BCUT2D eigenvalue weighted by Gasteiger charge is -2.36. The molecule has 0 spiro atoms. The Labute approximate surface area is 103 Å². The van der Waals surface area contributed by atoms with Gasteiger partial charge in [-0.15, -0.1) is 0 Å². The van der Waals surface area contributed by atoms with Crippen molar-refractivity contribution in [3.8, 4) is 0 Å². The molecule has 1 aromatic rings. The number of benzene rings is 1. The average molecular weight is 236 g/mol. The van der Waals surface area contributed by atoms with Gasteiger partial charge in [-0.1, -0.05) is 19.1 Å². The zero-order valence-corrected chi connectivity index (χ0v) is 10.4. The van der Waals surface area contributed by atoms with Crippen LogP contribution in [0.15, 0.2) is 24.3 Å². The molecule has 1 unspecified atom stereocenters. The van der Waals surface area contributed by atoms with Crippen LogP contribution < -0.4 is 10.6 Å². The van der Waals surface area contributed by atoms with Crippen LogP contribution in [-0.4, -0.2) is 19.6 Å². The van der Waals surface area contributed by atoms with Crippen molar-refractivity contribution in [2.45, 2.75) is 19.8 Å². The highest BCUT2D eigenvalue weighted by Gasteiger charge is 2.24. The maximum Gasteiger partial charge on any atom is 0.146 e. The molecular weight excluding hydrogens is 215 g/mol.